The molecule has 0 saturated carbocycles. The van der Waals surface area contributed by atoms with E-state index >= 15 is 0 Å². The number of benzene rings is 2. The Morgan fingerprint density at radius 3 is 2.48 bits per heavy atom. The molecule has 1 aromatic heterocycles. The maximum Gasteiger partial charge on any atom is 0.343 e. The van der Waals surface area contributed by atoms with Gasteiger partial charge in [0.25, 0.3) is 0 Å². The van der Waals surface area contributed by atoms with Gasteiger partial charge >= 0.3 is 6.03 Å². The molecule has 5 rings (SSSR count). The summed E-state index contributed by atoms with van der Waals surface area (Å²) in [4.78, 5) is 24.2. The van der Waals surface area contributed by atoms with Crippen molar-refractivity contribution in [1.29, 1.82) is 0 Å². The van der Waals surface area contributed by atoms with Crippen molar-refractivity contribution in [2.24, 2.45) is 0 Å². The summed E-state index contributed by atoms with van der Waals surface area (Å²) in [7, 11) is 0. The molecular formula is C25H27N3O3. The third kappa shape index (κ3) is 4.27. The van der Waals surface area contributed by atoms with Crippen LogP contribution in [0, 0.1) is 0 Å². The van der Waals surface area contributed by atoms with Crippen LogP contribution in [0.15, 0.2) is 60.8 Å². The lowest BCUT2D eigenvalue weighted by molar-refractivity contribution is -0.0855. The molecule has 1 N–H and O–H groups in total. The van der Waals surface area contributed by atoms with Crippen LogP contribution in [0.25, 0.3) is 22.0 Å². The van der Waals surface area contributed by atoms with Crippen LogP contribution in [0.2, 0.25) is 0 Å². The van der Waals surface area contributed by atoms with Gasteiger partial charge in [0.15, 0.2) is 0 Å². The highest BCUT2D eigenvalue weighted by Gasteiger charge is 2.36. The first-order valence-electron chi connectivity index (χ1n) is 11.0. The SMILES string of the molecule is O=C(N1CCC(O)(Cc2ccc(-c3cc4ccccc4cn3)cc2)CC1)N1CCCO1. The number of aromatic nitrogens is 1. The minimum Gasteiger partial charge on any atom is -0.389 e. The molecule has 6 heteroatoms. The second-order valence-electron chi connectivity index (χ2n) is 8.57. The summed E-state index contributed by atoms with van der Waals surface area (Å²) in [6, 6.07) is 18.5. The number of carbonyl (C=O) groups is 1. The fraction of sp³-hybridized carbons (Fsp3) is 0.360. The van der Waals surface area contributed by atoms with Gasteiger partial charge in [-0.25, -0.2) is 9.86 Å². The van der Waals surface area contributed by atoms with Gasteiger partial charge in [0.1, 0.15) is 0 Å². The number of amides is 2. The number of hydrogen-bond donors (Lipinski definition) is 1. The molecule has 0 unspecified atom stereocenters. The molecule has 0 bridgehead atoms. The lowest BCUT2D eigenvalue weighted by atomic mass is 9.85. The van der Waals surface area contributed by atoms with E-state index in [-0.39, 0.29) is 6.03 Å². The highest BCUT2D eigenvalue weighted by atomic mass is 16.7. The number of hydrogen-bond acceptors (Lipinski definition) is 4. The minimum absolute atomic E-state index is 0.0770. The quantitative estimate of drug-likeness (QED) is 0.699. The van der Waals surface area contributed by atoms with Crippen LogP contribution in [-0.2, 0) is 11.3 Å². The smallest absolute Gasteiger partial charge is 0.343 e. The molecule has 0 spiro atoms. The van der Waals surface area contributed by atoms with E-state index in [4.69, 9.17) is 4.84 Å². The average Bonchev–Trinajstić information content (AvgIpc) is 3.34. The van der Waals surface area contributed by atoms with Gasteiger partial charge in [-0.3, -0.25) is 9.82 Å². The largest absolute Gasteiger partial charge is 0.389 e. The highest BCUT2D eigenvalue weighted by Crippen LogP contribution is 2.29. The van der Waals surface area contributed by atoms with E-state index in [9.17, 15) is 9.90 Å². The third-order valence-electron chi connectivity index (χ3n) is 6.34. The molecule has 2 aliphatic rings. The normalized spacial score (nSPS) is 18.5. The molecule has 6 nitrogen and oxygen atoms in total. The van der Waals surface area contributed by atoms with Crippen molar-refractivity contribution in [3.63, 3.8) is 0 Å². The van der Waals surface area contributed by atoms with Crippen LogP contribution < -0.4 is 0 Å². The van der Waals surface area contributed by atoms with E-state index in [1.165, 1.54) is 10.4 Å². The second kappa shape index (κ2) is 8.29. The van der Waals surface area contributed by atoms with Crippen LogP contribution in [0.4, 0.5) is 4.79 Å². The molecule has 2 fully saturated rings. The first kappa shape index (κ1) is 20.0. The summed E-state index contributed by atoms with van der Waals surface area (Å²) in [6.45, 7) is 2.36. The van der Waals surface area contributed by atoms with Crippen LogP contribution >= 0.6 is 0 Å². The van der Waals surface area contributed by atoms with Crippen LogP contribution in [-0.4, -0.2) is 57.9 Å². The Hall–Kier alpha value is -2.96. The zero-order valence-corrected chi connectivity index (χ0v) is 17.5. The topological polar surface area (TPSA) is 65.9 Å². The number of fused-ring (bicyclic) bond motifs is 1. The number of carbonyl (C=O) groups excluding carboxylic acids is 1. The molecule has 3 heterocycles. The lowest BCUT2D eigenvalue weighted by Gasteiger charge is -2.39. The van der Waals surface area contributed by atoms with Gasteiger partial charge in [0.05, 0.1) is 24.4 Å². The molecular weight excluding hydrogens is 390 g/mol. The lowest BCUT2D eigenvalue weighted by Crippen LogP contribution is -2.51. The molecule has 2 aromatic carbocycles. The zero-order chi connectivity index (χ0) is 21.3. The van der Waals surface area contributed by atoms with Crippen molar-refractivity contribution in [2.45, 2.75) is 31.3 Å². The number of piperidine rings is 1. The van der Waals surface area contributed by atoms with Crippen molar-refractivity contribution >= 4 is 16.8 Å². The van der Waals surface area contributed by atoms with Gasteiger partial charge in [-0.2, -0.15) is 0 Å². The molecule has 31 heavy (non-hydrogen) atoms. The number of pyridine rings is 1. The fourth-order valence-electron chi connectivity index (χ4n) is 4.46. The molecule has 2 saturated heterocycles. The average molecular weight is 418 g/mol. The zero-order valence-electron chi connectivity index (χ0n) is 17.5. The van der Waals surface area contributed by atoms with Crippen molar-refractivity contribution in [1.82, 2.24) is 14.9 Å². The number of urea groups is 1. The van der Waals surface area contributed by atoms with Gasteiger partial charge < -0.3 is 10.0 Å². The van der Waals surface area contributed by atoms with Crippen molar-refractivity contribution in [3.05, 3.63) is 66.4 Å². The molecule has 3 aromatic rings. The number of hydroxylamine groups is 2. The van der Waals surface area contributed by atoms with Crippen molar-refractivity contribution in [3.8, 4) is 11.3 Å². The Kier molecular flexibility index (Phi) is 5.34. The number of rotatable bonds is 3. The number of aliphatic hydroxyl groups is 1. The van der Waals surface area contributed by atoms with Crippen molar-refractivity contribution < 1.29 is 14.7 Å². The van der Waals surface area contributed by atoms with E-state index < -0.39 is 5.60 Å². The van der Waals surface area contributed by atoms with E-state index in [0.29, 0.717) is 45.5 Å². The highest BCUT2D eigenvalue weighted by molar-refractivity contribution is 5.85. The Labute approximate surface area is 182 Å². The van der Waals surface area contributed by atoms with Gasteiger partial charge in [-0.1, -0.05) is 48.5 Å². The maximum absolute atomic E-state index is 12.5. The summed E-state index contributed by atoms with van der Waals surface area (Å²) in [5.74, 6) is 0. The van der Waals surface area contributed by atoms with Crippen molar-refractivity contribution in [2.75, 3.05) is 26.2 Å². The van der Waals surface area contributed by atoms with Gasteiger partial charge in [0.2, 0.25) is 0 Å². The molecule has 160 valence electrons. The Balaban J connectivity index is 1.22. The molecule has 2 amide bonds. The van der Waals surface area contributed by atoms with Crippen LogP contribution in [0.3, 0.4) is 0 Å². The number of nitrogens with zero attached hydrogens (tertiary/aromatic N) is 3. The molecule has 0 atom stereocenters. The van der Waals surface area contributed by atoms with E-state index in [1.807, 2.05) is 18.3 Å². The molecule has 2 aliphatic heterocycles. The third-order valence-corrected chi connectivity index (χ3v) is 6.34. The van der Waals surface area contributed by atoms with Gasteiger partial charge in [0, 0.05) is 36.7 Å². The number of likely N-dealkylation sites (tertiary alicyclic amines) is 1. The minimum atomic E-state index is -0.786. The first-order chi connectivity index (χ1) is 15.1. The summed E-state index contributed by atoms with van der Waals surface area (Å²) >= 11 is 0. The maximum atomic E-state index is 12.5. The second-order valence-corrected chi connectivity index (χ2v) is 8.57. The summed E-state index contributed by atoms with van der Waals surface area (Å²) in [5, 5.41) is 14.9. The van der Waals surface area contributed by atoms with E-state index in [0.717, 1.165) is 28.6 Å². The van der Waals surface area contributed by atoms with Crippen LogP contribution in [0.1, 0.15) is 24.8 Å². The first-order valence-corrected chi connectivity index (χ1v) is 11.0. The summed E-state index contributed by atoms with van der Waals surface area (Å²) < 4.78 is 0. The van der Waals surface area contributed by atoms with Gasteiger partial charge in [-0.15, -0.1) is 0 Å². The standard InChI is InChI=1S/C25H27N3O3/c29-24(28-12-3-15-31-28)27-13-10-25(30,11-14-27)17-19-6-8-20(9-7-19)23-16-21-4-1-2-5-22(21)18-26-23/h1-2,4-9,16,18,30H,3,10-15,17H2. The Morgan fingerprint density at radius 2 is 1.77 bits per heavy atom. The summed E-state index contributed by atoms with van der Waals surface area (Å²) in [5.41, 5.74) is 2.31. The Bertz CT molecular complexity index is 1070. The monoisotopic (exact) mass is 417 g/mol. The molecule has 0 radical (unpaired) electrons. The van der Waals surface area contributed by atoms with E-state index in [1.54, 1.807) is 4.90 Å². The van der Waals surface area contributed by atoms with Gasteiger partial charge in [-0.05, 0) is 36.3 Å². The van der Waals surface area contributed by atoms with E-state index in [2.05, 4.69) is 47.4 Å². The molecule has 0 aliphatic carbocycles. The van der Waals surface area contributed by atoms with Crippen LogP contribution in [0.5, 0.6) is 0 Å². The Morgan fingerprint density at radius 1 is 1.03 bits per heavy atom. The fourth-order valence-corrected chi connectivity index (χ4v) is 4.46. The predicted molar refractivity (Wildman–Crippen MR) is 119 cm³/mol. The summed E-state index contributed by atoms with van der Waals surface area (Å²) in [6.07, 6.45) is 4.51. The predicted octanol–water partition coefficient (Wildman–Crippen LogP) is 4.03.